The maximum atomic E-state index is 11.2. The summed E-state index contributed by atoms with van der Waals surface area (Å²) in [6.45, 7) is 2.84. The summed E-state index contributed by atoms with van der Waals surface area (Å²) in [4.78, 5) is 11.2. The fourth-order valence-electron chi connectivity index (χ4n) is 1.57. The zero-order valence-electron chi connectivity index (χ0n) is 11.4. The molecule has 1 rings (SSSR count). The highest BCUT2D eigenvalue weighted by Crippen LogP contribution is 2.14. The SMILES string of the molecule is CCSCCOc1ccc(CC(N)C(=O)OC)cc1. The van der Waals surface area contributed by atoms with E-state index in [-0.39, 0.29) is 0 Å². The van der Waals surface area contributed by atoms with Gasteiger partial charge in [0.2, 0.25) is 0 Å². The van der Waals surface area contributed by atoms with E-state index in [1.54, 1.807) is 0 Å². The van der Waals surface area contributed by atoms with Crippen LogP contribution in [0, 0.1) is 0 Å². The van der Waals surface area contributed by atoms with Crippen LogP contribution in [0.2, 0.25) is 0 Å². The Morgan fingerprint density at radius 3 is 2.63 bits per heavy atom. The number of methoxy groups -OCH3 is 1. The van der Waals surface area contributed by atoms with Gasteiger partial charge in [-0.05, 0) is 29.9 Å². The Labute approximate surface area is 118 Å². The number of thioether (sulfide) groups is 1. The second kappa shape index (κ2) is 8.82. The Kier molecular flexibility index (Phi) is 7.36. The van der Waals surface area contributed by atoms with Gasteiger partial charge in [0.05, 0.1) is 13.7 Å². The number of benzene rings is 1. The molecule has 2 N–H and O–H groups in total. The van der Waals surface area contributed by atoms with Crippen LogP contribution in [0.15, 0.2) is 24.3 Å². The molecule has 0 spiro atoms. The Morgan fingerprint density at radius 1 is 1.37 bits per heavy atom. The number of esters is 1. The average Bonchev–Trinajstić information content (AvgIpc) is 2.44. The van der Waals surface area contributed by atoms with Crippen molar-refractivity contribution in [1.29, 1.82) is 0 Å². The van der Waals surface area contributed by atoms with E-state index in [0.717, 1.165) is 22.8 Å². The van der Waals surface area contributed by atoms with Crippen LogP contribution in [-0.2, 0) is 16.0 Å². The van der Waals surface area contributed by atoms with Gasteiger partial charge in [0.1, 0.15) is 11.8 Å². The summed E-state index contributed by atoms with van der Waals surface area (Å²) in [5, 5.41) is 0. The first-order valence-corrected chi connectivity index (χ1v) is 7.45. The second-order valence-electron chi connectivity index (χ2n) is 4.02. The van der Waals surface area contributed by atoms with E-state index in [9.17, 15) is 4.79 Å². The molecule has 106 valence electrons. The minimum atomic E-state index is -0.613. The van der Waals surface area contributed by atoms with Crippen molar-refractivity contribution in [2.75, 3.05) is 25.2 Å². The van der Waals surface area contributed by atoms with E-state index in [0.29, 0.717) is 13.0 Å². The first kappa shape index (κ1) is 15.9. The molecule has 1 unspecified atom stereocenters. The fraction of sp³-hybridized carbons (Fsp3) is 0.500. The fourth-order valence-corrected chi connectivity index (χ4v) is 2.06. The summed E-state index contributed by atoms with van der Waals surface area (Å²) in [6, 6.07) is 7.03. The summed E-state index contributed by atoms with van der Waals surface area (Å²) in [6.07, 6.45) is 0.471. The number of nitrogens with two attached hydrogens (primary N) is 1. The normalized spacial score (nSPS) is 11.9. The summed E-state index contributed by atoms with van der Waals surface area (Å²) in [5.41, 5.74) is 6.70. The van der Waals surface area contributed by atoms with E-state index in [2.05, 4.69) is 11.7 Å². The third-order valence-electron chi connectivity index (χ3n) is 2.58. The molecule has 0 aromatic heterocycles. The summed E-state index contributed by atoms with van der Waals surface area (Å²) in [7, 11) is 1.34. The van der Waals surface area contributed by atoms with Crippen molar-refractivity contribution in [2.24, 2.45) is 5.73 Å². The van der Waals surface area contributed by atoms with E-state index in [1.807, 2.05) is 36.0 Å². The molecule has 0 amide bonds. The zero-order valence-corrected chi connectivity index (χ0v) is 12.2. The lowest BCUT2D eigenvalue weighted by Gasteiger charge is -2.10. The van der Waals surface area contributed by atoms with Crippen LogP contribution in [0.3, 0.4) is 0 Å². The molecule has 0 saturated heterocycles. The highest BCUT2D eigenvalue weighted by molar-refractivity contribution is 7.99. The topological polar surface area (TPSA) is 61.5 Å². The van der Waals surface area contributed by atoms with Crippen LogP contribution in [0.1, 0.15) is 12.5 Å². The van der Waals surface area contributed by atoms with Crippen molar-refractivity contribution in [3.63, 3.8) is 0 Å². The number of hydrogen-bond donors (Lipinski definition) is 1. The average molecular weight is 283 g/mol. The number of rotatable bonds is 8. The van der Waals surface area contributed by atoms with Crippen molar-refractivity contribution < 1.29 is 14.3 Å². The maximum Gasteiger partial charge on any atom is 0.322 e. The summed E-state index contributed by atoms with van der Waals surface area (Å²) < 4.78 is 10.2. The molecule has 19 heavy (non-hydrogen) atoms. The van der Waals surface area contributed by atoms with Gasteiger partial charge in [0, 0.05) is 5.75 Å². The van der Waals surface area contributed by atoms with Gasteiger partial charge in [0.15, 0.2) is 0 Å². The molecule has 0 heterocycles. The number of carbonyl (C=O) groups excluding carboxylic acids is 1. The van der Waals surface area contributed by atoms with Crippen LogP contribution < -0.4 is 10.5 Å². The summed E-state index contributed by atoms with van der Waals surface area (Å²) >= 11 is 1.85. The van der Waals surface area contributed by atoms with Crippen LogP contribution in [-0.4, -0.2) is 37.2 Å². The quantitative estimate of drug-likeness (QED) is 0.583. The Morgan fingerprint density at radius 2 is 2.05 bits per heavy atom. The van der Waals surface area contributed by atoms with Crippen molar-refractivity contribution in [2.45, 2.75) is 19.4 Å². The molecular formula is C14H21NO3S. The first-order valence-electron chi connectivity index (χ1n) is 6.30. The van der Waals surface area contributed by atoms with Gasteiger partial charge in [-0.2, -0.15) is 11.8 Å². The monoisotopic (exact) mass is 283 g/mol. The Balaban J connectivity index is 2.41. The molecule has 0 bridgehead atoms. The van der Waals surface area contributed by atoms with E-state index in [1.165, 1.54) is 7.11 Å². The molecule has 0 aliphatic carbocycles. The predicted octanol–water partition coefficient (Wildman–Crippen LogP) is 1.86. The van der Waals surface area contributed by atoms with Crippen molar-refractivity contribution in [3.05, 3.63) is 29.8 Å². The van der Waals surface area contributed by atoms with Crippen LogP contribution >= 0.6 is 11.8 Å². The predicted molar refractivity (Wildman–Crippen MR) is 78.6 cm³/mol. The van der Waals surface area contributed by atoms with Crippen LogP contribution in [0.25, 0.3) is 0 Å². The minimum absolute atomic E-state index is 0.392. The lowest BCUT2D eigenvalue weighted by molar-refractivity contribution is -0.142. The van der Waals surface area contributed by atoms with Gasteiger partial charge in [-0.1, -0.05) is 19.1 Å². The molecule has 0 fully saturated rings. The number of hydrogen-bond acceptors (Lipinski definition) is 5. The van der Waals surface area contributed by atoms with Crippen LogP contribution in [0.5, 0.6) is 5.75 Å². The zero-order chi connectivity index (χ0) is 14.1. The standard InChI is InChI=1S/C14H21NO3S/c1-3-19-9-8-18-12-6-4-11(5-7-12)10-13(15)14(16)17-2/h4-7,13H,3,8-10,15H2,1-2H3. The van der Waals surface area contributed by atoms with Gasteiger partial charge < -0.3 is 15.2 Å². The minimum Gasteiger partial charge on any atom is -0.493 e. The summed E-state index contributed by atoms with van der Waals surface area (Å²) in [5.74, 6) is 2.54. The van der Waals surface area contributed by atoms with Crippen molar-refractivity contribution >= 4 is 17.7 Å². The van der Waals surface area contributed by atoms with Gasteiger partial charge in [-0.15, -0.1) is 0 Å². The Hall–Kier alpha value is -1.20. The smallest absolute Gasteiger partial charge is 0.322 e. The highest BCUT2D eigenvalue weighted by atomic mass is 32.2. The molecule has 1 atom stereocenters. The van der Waals surface area contributed by atoms with Crippen molar-refractivity contribution in [3.8, 4) is 5.75 Å². The van der Waals surface area contributed by atoms with Gasteiger partial charge in [-0.3, -0.25) is 4.79 Å². The van der Waals surface area contributed by atoms with E-state index in [4.69, 9.17) is 10.5 Å². The maximum absolute atomic E-state index is 11.2. The molecular weight excluding hydrogens is 262 g/mol. The van der Waals surface area contributed by atoms with Gasteiger partial charge in [0.25, 0.3) is 0 Å². The molecule has 1 aromatic carbocycles. The lowest BCUT2D eigenvalue weighted by atomic mass is 10.1. The largest absolute Gasteiger partial charge is 0.493 e. The van der Waals surface area contributed by atoms with Gasteiger partial charge >= 0.3 is 5.97 Å². The molecule has 0 saturated carbocycles. The number of ether oxygens (including phenoxy) is 2. The lowest BCUT2D eigenvalue weighted by Crippen LogP contribution is -2.33. The van der Waals surface area contributed by atoms with Crippen LogP contribution in [0.4, 0.5) is 0 Å². The molecule has 5 heteroatoms. The highest BCUT2D eigenvalue weighted by Gasteiger charge is 2.13. The van der Waals surface area contributed by atoms with Crippen molar-refractivity contribution in [1.82, 2.24) is 0 Å². The second-order valence-corrected chi connectivity index (χ2v) is 5.42. The molecule has 0 aliphatic rings. The molecule has 4 nitrogen and oxygen atoms in total. The van der Waals surface area contributed by atoms with Gasteiger partial charge in [-0.25, -0.2) is 0 Å². The molecule has 0 radical (unpaired) electrons. The van der Waals surface area contributed by atoms with E-state index >= 15 is 0 Å². The Bertz CT molecular complexity index is 381. The van der Waals surface area contributed by atoms with E-state index < -0.39 is 12.0 Å². The molecule has 0 aliphatic heterocycles. The third kappa shape index (κ3) is 5.98. The third-order valence-corrected chi connectivity index (χ3v) is 3.45. The molecule has 1 aromatic rings. The first-order chi connectivity index (χ1) is 9.17. The number of carbonyl (C=O) groups is 1.